The fourth-order valence-corrected chi connectivity index (χ4v) is 2.81. The summed E-state index contributed by atoms with van der Waals surface area (Å²) in [5.41, 5.74) is 0. The number of carboxylic acids is 1. The molecule has 0 amide bonds. The molecule has 0 aromatic rings. The first-order valence-electron chi connectivity index (χ1n) is 8.99. The highest BCUT2D eigenvalue weighted by Crippen LogP contribution is 2.27. The zero-order chi connectivity index (χ0) is 17.8. The Morgan fingerprint density at radius 1 is 1.29 bits per heavy atom. The number of ketones is 1. The number of aliphatic hydroxyl groups excluding tert-OH is 1. The Morgan fingerprint density at radius 3 is 2.79 bits per heavy atom. The molecule has 0 fully saturated rings. The minimum atomic E-state index is -0.777. The molecule has 24 heavy (non-hydrogen) atoms. The van der Waals surface area contributed by atoms with Crippen molar-refractivity contribution in [2.24, 2.45) is 11.8 Å². The molecule has 4 heteroatoms. The first-order chi connectivity index (χ1) is 11.5. The van der Waals surface area contributed by atoms with Gasteiger partial charge in [-0.2, -0.15) is 0 Å². The Morgan fingerprint density at radius 2 is 2.08 bits per heavy atom. The number of carbonyl (C=O) groups is 2. The molecular formula is C20H30O4. The predicted molar refractivity (Wildman–Crippen MR) is 95.7 cm³/mol. The molecule has 0 saturated heterocycles. The maximum atomic E-state index is 12.0. The Kier molecular flexibility index (Phi) is 10.0. The third-order valence-corrected chi connectivity index (χ3v) is 4.29. The van der Waals surface area contributed by atoms with Gasteiger partial charge in [0.25, 0.3) is 0 Å². The highest BCUT2D eigenvalue weighted by atomic mass is 16.4. The normalized spacial score (nSPS) is 22.0. The van der Waals surface area contributed by atoms with Gasteiger partial charge in [-0.1, -0.05) is 56.6 Å². The van der Waals surface area contributed by atoms with Gasteiger partial charge in [-0.3, -0.25) is 9.59 Å². The number of aliphatic hydroxyl groups is 1. The molecular weight excluding hydrogens is 304 g/mol. The maximum Gasteiger partial charge on any atom is 0.303 e. The summed E-state index contributed by atoms with van der Waals surface area (Å²) in [5.74, 6) is -0.705. The van der Waals surface area contributed by atoms with Crippen LogP contribution < -0.4 is 0 Å². The number of allylic oxidation sites excluding steroid dienone is 5. The molecule has 0 heterocycles. The Bertz CT molecular complexity index is 476. The van der Waals surface area contributed by atoms with E-state index >= 15 is 0 Å². The van der Waals surface area contributed by atoms with Gasteiger partial charge in [-0.15, -0.1) is 0 Å². The quantitative estimate of drug-likeness (QED) is 0.417. The summed E-state index contributed by atoms with van der Waals surface area (Å²) in [6.07, 6.45) is 17.0. The average molecular weight is 334 g/mol. The van der Waals surface area contributed by atoms with Crippen LogP contribution in [-0.4, -0.2) is 28.1 Å². The van der Waals surface area contributed by atoms with Crippen LogP contribution in [0, 0.1) is 11.8 Å². The summed E-state index contributed by atoms with van der Waals surface area (Å²) in [5, 5.41) is 18.5. The van der Waals surface area contributed by atoms with Crippen molar-refractivity contribution in [1.29, 1.82) is 0 Å². The van der Waals surface area contributed by atoms with Crippen molar-refractivity contribution in [2.75, 3.05) is 0 Å². The van der Waals surface area contributed by atoms with Crippen molar-refractivity contribution in [3.8, 4) is 0 Å². The van der Waals surface area contributed by atoms with Crippen molar-refractivity contribution >= 4 is 11.8 Å². The van der Waals surface area contributed by atoms with Crippen molar-refractivity contribution in [3.63, 3.8) is 0 Å². The van der Waals surface area contributed by atoms with Crippen molar-refractivity contribution in [3.05, 3.63) is 36.5 Å². The molecule has 0 spiro atoms. The predicted octanol–water partition coefficient (Wildman–Crippen LogP) is 4.06. The number of aliphatic carboxylic acids is 1. The van der Waals surface area contributed by atoms with E-state index in [1.165, 1.54) is 0 Å². The molecule has 0 bridgehead atoms. The van der Waals surface area contributed by atoms with Gasteiger partial charge >= 0.3 is 5.97 Å². The molecule has 2 N–H and O–H groups in total. The SMILES string of the molecule is CCCCCC(O)/C=C/[C@@H]1C=CC(=O)[C@@H]1C/C=C\CCCC(=O)O. The molecule has 1 rings (SSSR count). The molecule has 0 aromatic carbocycles. The zero-order valence-corrected chi connectivity index (χ0v) is 14.6. The van der Waals surface area contributed by atoms with E-state index in [1.807, 2.05) is 30.4 Å². The number of carboxylic acid groups (broad SMARTS) is 1. The zero-order valence-electron chi connectivity index (χ0n) is 14.6. The number of hydrogen-bond donors (Lipinski definition) is 2. The molecule has 0 radical (unpaired) electrons. The summed E-state index contributed by atoms with van der Waals surface area (Å²) in [6, 6.07) is 0. The molecule has 0 aliphatic heterocycles. The van der Waals surface area contributed by atoms with Crippen LogP contribution in [0.25, 0.3) is 0 Å². The van der Waals surface area contributed by atoms with Gasteiger partial charge in [-0.05, 0) is 31.8 Å². The molecule has 1 unspecified atom stereocenters. The summed E-state index contributed by atoms with van der Waals surface area (Å²) < 4.78 is 0. The third-order valence-electron chi connectivity index (χ3n) is 4.29. The molecule has 3 atom stereocenters. The summed E-state index contributed by atoms with van der Waals surface area (Å²) in [4.78, 5) is 22.4. The van der Waals surface area contributed by atoms with Crippen molar-refractivity contribution in [2.45, 2.75) is 64.4 Å². The highest BCUT2D eigenvalue weighted by molar-refractivity contribution is 5.95. The van der Waals surface area contributed by atoms with Crippen LogP contribution in [-0.2, 0) is 9.59 Å². The standard InChI is InChI=1S/C20H30O4/c1-2-3-6-9-17(21)14-12-16-13-15-19(22)18(16)10-7-4-5-8-11-20(23)24/h4,7,12-18,21H,2-3,5-6,8-11H2,1H3,(H,23,24)/b7-4-,14-12+/t16-,17?,18-/m1/s1. The average Bonchev–Trinajstić information content (AvgIpc) is 2.89. The van der Waals surface area contributed by atoms with Crippen LogP contribution in [0.15, 0.2) is 36.5 Å². The van der Waals surface area contributed by atoms with Crippen LogP contribution >= 0.6 is 0 Å². The molecule has 1 aliphatic rings. The topological polar surface area (TPSA) is 74.6 Å². The van der Waals surface area contributed by atoms with Crippen LogP contribution in [0.2, 0.25) is 0 Å². The lowest BCUT2D eigenvalue weighted by Gasteiger charge is -2.13. The molecule has 0 saturated carbocycles. The second-order valence-corrected chi connectivity index (χ2v) is 6.39. The van der Waals surface area contributed by atoms with Gasteiger partial charge in [-0.25, -0.2) is 0 Å². The van der Waals surface area contributed by atoms with Crippen LogP contribution in [0.5, 0.6) is 0 Å². The molecule has 0 aromatic heterocycles. The summed E-state index contributed by atoms with van der Waals surface area (Å²) in [7, 11) is 0. The van der Waals surface area contributed by atoms with Gasteiger partial charge < -0.3 is 10.2 Å². The second kappa shape index (κ2) is 11.8. The van der Waals surface area contributed by atoms with Gasteiger partial charge in [0, 0.05) is 18.3 Å². The number of carbonyl (C=O) groups excluding carboxylic acids is 1. The van der Waals surface area contributed by atoms with Crippen molar-refractivity contribution < 1.29 is 19.8 Å². The van der Waals surface area contributed by atoms with E-state index in [-0.39, 0.29) is 24.0 Å². The number of rotatable bonds is 12. The second-order valence-electron chi connectivity index (χ2n) is 6.39. The van der Waals surface area contributed by atoms with Gasteiger partial charge in [0.15, 0.2) is 5.78 Å². The lowest BCUT2D eigenvalue weighted by atomic mass is 9.90. The minimum absolute atomic E-state index is 0.0435. The minimum Gasteiger partial charge on any atom is -0.481 e. The first-order valence-corrected chi connectivity index (χ1v) is 8.99. The Hall–Kier alpha value is -1.68. The molecule has 4 nitrogen and oxygen atoms in total. The smallest absolute Gasteiger partial charge is 0.303 e. The highest BCUT2D eigenvalue weighted by Gasteiger charge is 2.27. The fourth-order valence-electron chi connectivity index (χ4n) is 2.81. The van der Waals surface area contributed by atoms with E-state index in [1.54, 1.807) is 6.08 Å². The maximum absolute atomic E-state index is 12.0. The van der Waals surface area contributed by atoms with E-state index in [2.05, 4.69) is 6.92 Å². The van der Waals surface area contributed by atoms with Gasteiger partial charge in [0.1, 0.15) is 0 Å². The molecule has 1 aliphatic carbocycles. The van der Waals surface area contributed by atoms with E-state index < -0.39 is 12.1 Å². The van der Waals surface area contributed by atoms with E-state index in [9.17, 15) is 14.7 Å². The first kappa shape index (κ1) is 20.4. The lowest BCUT2D eigenvalue weighted by Crippen LogP contribution is -2.14. The molecule has 134 valence electrons. The van der Waals surface area contributed by atoms with Crippen LogP contribution in [0.1, 0.15) is 58.3 Å². The van der Waals surface area contributed by atoms with E-state index in [0.29, 0.717) is 12.8 Å². The largest absolute Gasteiger partial charge is 0.481 e. The Labute approximate surface area is 145 Å². The number of hydrogen-bond acceptors (Lipinski definition) is 3. The lowest BCUT2D eigenvalue weighted by molar-refractivity contribution is -0.137. The summed E-state index contributed by atoms with van der Waals surface area (Å²) >= 11 is 0. The number of unbranched alkanes of at least 4 members (excludes halogenated alkanes) is 3. The third kappa shape index (κ3) is 8.25. The van der Waals surface area contributed by atoms with Gasteiger partial charge in [0.05, 0.1) is 6.10 Å². The van der Waals surface area contributed by atoms with E-state index in [0.717, 1.165) is 32.1 Å². The fraction of sp³-hybridized carbons (Fsp3) is 0.600. The van der Waals surface area contributed by atoms with E-state index in [4.69, 9.17) is 5.11 Å². The van der Waals surface area contributed by atoms with Crippen LogP contribution in [0.4, 0.5) is 0 Å². The van der Waals surface area contributed by atoms with Crippen LogP contribution in [0.3, 0.4) is 0 Å². The monoisotopic (exact) mass is 334 g/mol. The summed E-state index contributed by atoms with van der Waals surface area (Å²) in [6.45, 7) is 2.14. The van der Waals surface area contributed by atoms with Gasteiger partial charge in [0.2, 0.25) is 0 Å². The Balaban J connectivity index is 2.38. The van der Waals surface area contributed by atoms with Crippen molar-refractivity contribution in [1.82, 2.24) is 0 Å².